The third-order valence-electron chi connectivity index (χ3n) is 2.22. The quantitative estimate of drug-likeness (QED) is 0.841. The highest BCUT2D eigenvalue weighted by Crippen LogP contribution is 2.32. The monoisotopic (exact) mass is 214 g/mol. The minimum atomic E-state index is -0.870. The van der Waals surface area contributed by atoms with Crippen LogP contribution in [0.2, 0.25) is 0 Å². The number of thiophene rings is 1. The Morgan fingerprint density at radius 2 is 2.14 bits per heavy atom. The highest BCUT2D eigenvalue weighted by molar-refractivity contribution is 7.14. The molecular formula is C10H14O3S. The van der Waals surface area contributed by atoms with Crippen molar-refractivity contribution in [3.63, 3.8) is 0 Å². The number of carboxylic acids is 1. The van der Waals surface area contributed by atoms with Crippen LogP contribution < -0.4 is 0 Å². The van der Waals surface area contributed by atoms with Crippen molar-refractivity contribution in [2.24, 2.45) is 0 Å². The van der Waals surface area contributed by atoms with Crippen LogP contribution in [0.5, 0.6) is 0 Å². The second-order valence-corrected chi connectivity index (χ2v) is 4.69. The lowest BCUT2D eigenvalue weighted by molar-refractivity contribution is 0.0224. The molecule has 0 fully saturated rings. The molecule has 14 heavy (non-hydrogen) atoms. The number of ether oxygens (including phenoxy) is 1. The van der Waals surface area contributed by atoms with E-state index in [-0.39, 0.29) is 0 Å². The summed E-state index contributed by atoms with van der Waals surface area (Å²) < 4.78 is 5.29. The van der Waals surface area contributed by atoms with E-state index < -0.39 is 11.6 Å². The smallest absolute Gasteiger partial charge is 0.346 e. The first-order valence-corrected chi connectivity index (χ1v) is 5.09. The van der Waals surface area contributed by atoms with Crippen LogP contribution in [-0.2, 0) is 10.3 Å². The van der Waals surface area contributed by atoms with E-state index >= 15 is 0 Å². The molecule has 1 heterocycles. The predicted molar refractivity (Wildman–Crippen MR) is 56.1 cm³/mol. The van der Waals surface area contributed by atoms with E-state index in [0.717, 1.165) is 10.4 Å². The number of methoxy groups -OCH3 is 1. The van der Waals surface area contributed by atoms with Crippen molar-refractivity contribution in [2.45, 2.75) is 26.4 Å². The summed E-state index contributed by atoms with van der Waals surface area (Å²) in [5, 5.41) is 8.89. The maximum Gasteiger partial charge on any atom is 0.346 e. The second-order valence-electron chi connectivity index (χ2n) is 3.64. The van der Waals surface area contributed by atoms with Crippen LogP contribution in [0.25, 0.3) is 0 Å². The van der Waals surface area contributed by atoms with Crippen molar-refractivity contribution in [3.05, 3.63) is 21.4 Å². The Kier molecular flexibility index (Phi) is 2.97. The molecule has 4 heteroatoms. The van der Waals surface area contributed by atoms with Crippen molar-refractivity contribution in [1.82, 2.24) is 0 Å². The summed E-state index contributed by atoms with van der Waals surface area (Å²) in [5.74, 6) is -0.870. The molecule has 0 aliphatic heterocycles. The number of hydrogen-bond donors (Lipinski definition) is 1. The van der Waals surface area contributed by atoms with Crippen LogP contribution in [0.4, 0.5) is 0 Å². The second kappa shape index (κ2) is 3.71. The number of aryl methyl sites for hydroxylation is 1. The van der Waals surface area contributed by atoms with Gasteiger partial charge in [-0.15, -0.1) is 11.3 Å². The molecule has 1 N–H and O–H groups in total. The van der Waals surface area contributed by atoms with Crippen molar-refractivity contribution in [2.75, 3.05) is 7.11 Å². The Morgan fingerprint density at radius 3 is 2.50 bits per heavy atom. The van der Waals surface area contributed by atoms with E-state index in [0.29, 0.717) is 4.88 Å². The lowest BCUT2D eigenvalue weighted by Gasteiger charge is -2.20. The van der Waals surface area contributed by atoms with Gasteiger partial charge in [0.1, 0.15) is 4.88 Å². The number of aromatic carboxylic acids is 1. The summed E-state index contributed by atoms with van der Waals surface area (Å²) in [4.78, 5) is 12.2. The van der Waals surface area contributed by atoms with E-state index in [9.17, 15) is 4.79 Å². The van der Waals surface area contributed by atoms with E-state index in [1.54, 1.807) is 14.0 Å². The van der Waals surface area contributed by atoms with E-state index in [1.807, 2.05) is 19.9 Å². The van der Waals surface area contributed by atoms with Crippen LogP contribution in [0.3, 0.4) is 0 Å². The van der Waals surface area contributed by atoms with Crippen molar-refractivity contribution in [3.8, 4) is 0 Å². The van der Waals surface area contributed by atoms with Crippen molar-refractivity contribution >= 4 is 17.3 Å². The molecule has 0 amide bonds. The minimum Gasteiger partial charge on any atom is -0.477 e. The number of hydrogen-bond acceptors (Lipinski definition) is 3. The van der Waals surface area contributed by atoms with Gasteiger partial charge in [0, 0.05) is 12.0 Å². The maximum absolute atomic E-state index is 10.8. The number of carbonyl (C=O) groups is 1. The van der Waals surface area contributed by atoms with E-state index in [1.165, 1.54) is 11.3 Å². The lowest BCUT2D eigenvalue weighted by Crippen LogP contribution is -2.17. The molecule has 0 saturated carbocycles. The first kappa shape index (κ1) is 11.2. The summed E-state index contributed by atoms with van der Waals surface area (Å²) in [6.07, 6.45) is 0. The van der Waals surface area contributed by atoms with Gasteiger partial charge >= 0.3 is 5.97 Å². The Bertz CT molecular complexity index is 352. The van der Waals surface area contributed by atoms with Gasteiger partial charge in [0.15, 0.2) is 0 Å². The summed E-state index contributed by atoms with van der Waals surface area (Å²) in [6, 6.07) is 1.87. The summed E-state index contributed by atoms with van der Waals surface area (Å²) in [5.41, 5.74) is 0.381. The highest BCUT2D eigenvalue weighted by Gasteiger charge is 2.24. The summed E-state index contributed by atoms with van der Waals surface area (Å²) >= 11 is 1.27. The molecule has 1 rings (SSSR count). The molecular weight excluding hydrogens is 200 g/mol. The fourth-order valence-electron chi connectivity index (χ4n) is 1.09. The molecule has 0 aliphatic carbocycles. The zero-order chi connectivity index (χ0) is 10.9. The molecule has 0 unspecified atom stereocenters. The fraction of sp³-hybridized carbons (Fsp3) is 0.500. The predicted octanol–water partition coefficient (Wildman–Crippen LogP) is 2.64. The van der Waals surface area contributed by atoms with Crippen LogP contribution in [0.15, 0.2) is 6.07 Å². The van der Waals surface area contributed by atoms with Gasteiger partial charge in [-0.3, -0.25) is 0 Å². The first-order chi connectivity index (χ1) is 6.38. The minimum absolute atomic E-state index is 0.394. The van der Waals surface area contributed by atoms with E-state index in [2.05, 4.69) is 0 Å². The van der Waals surface area contributed by atoms with Gasteiger partial charge in [0.2, 0.25) is 0 Å². The molecule has 0 saturated heterocycles. The van der Waals surface area contributed by atoms with Crippen molar-refractivity contribution < 1.29 is 14.6 Å². The van der Waals surface area contributed by atoms with Crippen LogP contribution >= 0.6 is 11.3 Å². The van der Waals surface area contributed by atoms with E-state index in [4.69, 9.17) is 9.84 Å². The first-order valence-electron chi connectivity index (χ1n) is 4.28. The maximum atomic E-state index is 10.8. The van der Waals surface area contributed by atoms with Gasteiger partial charge < -0.3 is 9.84 Å². The standard InChI is InChI=1S/C10H14O3S/c1-6-5-7(10(2,3)13-4)14-8(6)9(11)12/h5H,1-4H3,(H,11,12). The number of rotatable bonds is 3. The zero-order valence-electron chi connectivity index (χ0n) is 8.75. The summed E-state index contributed by atoms with van der Waals surface area (Å²) in [6.45, 7) is 5.64. The SMILES string of the molecule is COC(C)(C)c1cc(C)c(C(=O)O)s1. The molecule has 0 aromatic carbocycles. The average molecular weight is 214 g/mol. The third-order valence-corrected chi connectivity index (χ3v) is 3.75. The Morgan fingerprint density at radius 1 is 1.57 bits per heavy atom. The van der Waals surface area contributed by atoms with Gasteiger partial charge in [-0.25, -0.2) is 4.79 Å². The van der Waals surface area contributed by atoms with Gasteiger partial charge in [-0.05, 0) is 32.4 Å². The lowest BCUT2D eigenvalue weighted by atomic mass is 10.1. The molecule has 1 aromatic heterocycles. The highest BCUT2D eigenvalue weighted by atomic mass is 32.1. The van der Waals surface area contributed by atoms with Gasteiger partial charge in [0.05, 0.1) is 5.60 Å². The molecule has 0 aliphatic rings. The Labute approximate surface area is 87.3 Å². The Balaban J connectivity index is 3.15. The molecule has 3 nitrogen and oxygen atoms in total. The topological polar surface area (TPSA) is 46.5 Å². The van der Waals surface area contributed by atoms with Gasteiger partial charge in [-0.2, -0.15) is 0 Å². The molecule has 78 valence electrons. The normalized spacial score (nSPS) is 11.7. The third kappa shape index (κ3) is 1.96. The molecule has 1 aromatic rings. The molecule has 0 atom stereocenters. The molecule has 0 radical (unpaired) electrons. The zero-order valence-corrected chi connectivity index (χ0v) is 9.57. The fourth-order valence-corrected chi connectivity index (χ4v) is 2.18. The van der Waals surface area contributed by atoms with Gasteiger partial charge in [0.25, 0.3) is 0 Å². The van der Waals surface area contributed by atoms with Gasteiger partial charge in [-0.1, -0.05) is 0 Å². The Hall–Kier alpha value is -0.870. The van der Waals surface area contributed by atoms with Crippen molar-refractivity contribution in [1.29, 1.82) is 0 Å². The van der Waals surface area contributed by atoms with Crippen LogP contribution in [0, 0.1) is 6.92 Å². The number of carboxylic acid groups (broad SMARTS) is 1. The van der Waals surface area contributed by atoms with Crippen LogP contribution in [0.1, 0.15) is 34.0 Å². The average Bonchev–Trinajstić information content (AvgIpc) is 2.48. The largest absolute Gasteiger partial charge is 0.477 e. The van der Waals surface area contributed by atoms with Crippen LogP contribution in [-0.4, -0.2) is 18.2 Å². The molecule has 0 bridgehead atoms. The molecule has 0 spiro atoms. The summed E-state index contributed by atoms with van der Waals surface area (Å²) in [7, 11) is 1.62.